The van der Waals surface area contributed by atoms with Crippen molar-refractivity contribution in [3.8, 4) is 0 Å². The van der Waals surface area contributed by atoms with Gasteiger partial charge in [-0.05, 0) is 44.2 Å². The Balaban J connectivity index is 0.00000385. The van der Waals surface area contributed by atoms with Crippen molar-refractivity contribution in [2.45, 2.75) is 58.4 Å². The Morgan fingerprint density at radius 2 is 1.97 bits per heavy atom. The molecular formula is C25H43IN4O3. The minimum atomic E-state index is 0. The zero-order valence-corrected chi connectivity index (χ0v) is 23.0. The number of morpholine rings is 1. The van der Waals surface area contributed by atoms with Crippen LogP contribution >= 0.6 is 24.0 Å². The molecule has 0 aromatic heterocycles. The van der Waals surface area contributed by atoms with Gasteiger partial charge in [0.1, 0.15) is 0 Å². The zero-order valence-electron chi connectivity index (χ0n) is 20.6. The van der Waals surface area contributed by atoms with E-state index in [1.807, 2.05) is 0 Å². The molecule has 2 aliphatic rings. The molecule has 0 radical (unpaired) electrons. The highest BCUT2D eigenvalue weighted by Crippen LogP contribution is 2.16. The third kappa shape index (κ3) is 10.1. The summed E-state index contributed by atoms with van der Waals surface area (Å²) >= 11 is 0. The molecule has 2 fully saturated rings. The smallest absolute Gasteiger partial charge is 0.194 e. The molecule has 33 heavy (non-hydrogen) atoms. The quantitative estimate of drug-likeness (QED) is 0.200. The molecule has 1 aromatic carbocycles. The van der Waals surface area contributed by atoms with Crippen LogP contribution < -0.4 is 5.32 Å². The van der Waals surface area contributed by atoms with Crippen molar-refractivity contribution in [1.82, 2.24) is 15.1 Å². The van der Waals surface area contributed by atoms with Crippen LogP contribution in [0.25, 0.3) is 0 Å². The van der Waals surface area contributed by atoms with Gasteiger partial charge in [0.2, 0.25) is 0 Å². The lowest BCUT2D eigenvalue weighted by molar-refractivity contribution is -0.0212. The minimum absolute atomic E-state index is 0. The first kappa shape index (κ1) is 28.3. The SMILES string of the molecule is CCNC(=NCc1cccc(CN2CCOC(C)C2)c1)N1CCC(OCCCOC)CC1.I. The van der Waals surface area contributed by atoms with E-state index in [1.165, 1.54) is 11.1 Å². The van der Waals surface area contributed by atoms with E-state index in [0.717, 1.165) is 84.3 Å². The molecule has 2 aliphatic heterocycles. The van der Waals surface area contributed by atoms with Crippen LogP contribution in [0.4, 0.5) is 0 Å². The van der Waals surface area contributed by atoms with Crippen LogP contribution in [0, 0.1) is 0 Å². The number of hydrogen-bond donors (Lipinski definition) is 1. The highest BCUT2D eigenvalue weighted by molar-refractivity contribution is 14.0. The Morgan fingerprint density at radius 1 is 1.18 bits per heavy atom. The average molecular weight is 575 g/mol. The van der Waals surface area contributed by atoms with E-state index in [0.29, 0.717) is 18.8 Å². The lowest BCUT2D eigenvalue weighted by atomic mass is 10.1. The van der Waals surface area contributed by atoms with Crippen LogP contribution in [-0.4, -0.2) is 87.6 Å². The fraction of sp³-hybridized carbons (Fsp3) is 0.720. The van der Waals surface area contributed by atoms with Crippen molar-refractivity contribution in [2.75, 3.05) is 59.7 Å². The number of halogens is 1. The highest BCUT2D eigenvalue weighted by Gasteiger charge is 2.22. The molecule has 0 amide bonds. The molecule has 0 spiro atoms. The number of methoxy groups -OCH3 is 1. The number of nitrogens with zero attached hydrogens (tertiary/aromatic N) is 3. The first-order valence-corrected chi connectivity index (χ1v) is 12.2. The summed E-state index contributed by atoms with van der Waals surface area (Å²) < 4.78 is 16.8. The number of ether oxygens (including phenoxy) is 3. The first-order valence-electron chi connectivity index (χ1n) is 12.2. The van der Waals surface area contributed by atoms with E-state index in [2.05, 4.69) is 53.2 Å². The number of likely N-dealkylation sites (tertiary alicyclic amines) is 1. The molecule has 2 saturated heterocycles. The van der Waals surface area contributed by atoms with Crippen molar-refractivity contribution in [1.29, 1.82) is 0 Å². The second-order valence-electron chi connectivity index (χ2n) is 8.81. The van der Waals surface area contributed by atoms with Gasteiger partial charge in [-0.25, -0.2) is 4.99 Å². The number of guanidine groups is 1. The number of benzene rings is 1. The maximum atomic E-state index is 6.01. The molecule has 7 nitrogen and oxygen atoms in total. The van der Waals surface area contributed by atoms with Gasteiger partial charge < -0.3 is 24.4 Å². The second kappa shape index (κ2) is 15.9. The Labute approximate surface area is 217 Å². The van der Waals surface area contributed by atoms with Crippen molar-refractivity contribution in [3.05, 3.63) is 35.4 Å². The standard InChI is InChI=1S/C25H42N4O3.HI/c1-4-26-25(29-11-9-24(10-12-29)32-15-6-14-30-3)27-18-22-7-5-8-23(17-22)20-28-13-16-31-21(2)19-28;/h5,7-8,17,21,24H,4,6,9-16,18-20H2,1-3H3,(H,26,27);1H. The molecule has 1 atom stereocenters. The highest BCUT2D eigenvalue weighted by atomic mass is 127. The monoisotopic (exact) mass is 574 g/mol. The summed E-state index contributed by atoms with van der Waals surface area (Å²) in [4.78, 5) is 9.81. The van der Waals surface area contributed by atoms with Crippen LogP contribution in [0.1, 0.15) is 44.2 Å². The lowest BCUT2D eigenvalue weighted by Crippen LogP contribution is -2.47. The summed E-state index contributed by atoms with van der Waals surface area (Å²) in [6, 6.07) is 8.85. The number of nitrogens with one attached hydrogen (secondary N) is 1. The second-order valence-corrected chi connectivity index (χ2v) is 8.81. The molecule has 0 bridgehead atoms. The zero-order chi connectivity index (χ0) is 22.6. The molecule has 2 heterocycles. The van der Waals surface area contributed by atoms with Gasteiger partial charge in [0, 0.05) is 59.6 Å². The summed E-state index contributed by atoms with van der Waals surface area (Å²) in [6.45, 7) is 13.2. The van der Waals surface area contributed by atoms with Crippen LogP contribution in [0.3, 0.4) is 0 Å². The van der Waals surface area contributed by atoms with Crippen molar-refractivity contribution < 1.29 is 14.2 Å². The number of aliphatic imine (C=N–C) groups is 1. The molecule has 3 rings (SSSR count). The van der Waals surface area contributed by atoms with Gasteiger partial charge in [0.25, 0.3) is 0 Å². The molecule has 0 aliphatic carbocycles. The third-order valence-corrected chi connectivity index (χ3v) is 6.06. The van der Waals surface area contributed by atoms with Crippen molar-refractivity contribution in [3.63, 3.8) is 0 Å². The predicted molar refractivity (Wildman–Crippen MR) is 144 cm³/mol. The van der Waals surface area contributed by atoms with Gasteiger partial charge in [-0.1, -0.05) is 24.3 Å². The van der Waals surface area contributed by atoms with E-state index < -0.39 is 0 Å². The van der Waals surface area contributed by atoms with Crippen LogP contribution in [0.2, 0.25) is 0 Å². The summed E-state index contributed by atoms with van der Waals surface area (Å²) in [6.07, 6.45) is 3.73. The number of piperidine rings is 1. The molecule has 1 aromatic rings. The van der Waals surface area contributed by atoms with Gasteiger partial charge in [-0.3, -0.25) is 4.90 Å². The van der Waals surface area contributed by atoms with Gasteiger partial charge >= 0.3 is 0 Å². The first-order chi connectivity index (χ1) is 15.7. The fourth-order valence-corrected chi connectivity index (χ4v) is 4.40. The minimum Gasteiger partial charge on any atom is -0.385 e. The third-order valence-electron chi connectivity index (χ3n) is 6.06. The topological polar surface area (TPSA) is 58.6 Å². The van der Waals surface area contributed by atoms with E-state index in [9.17, 15) is 0 Å². The van der Waals surface area contributed by atoms with E-state index >= 15 is 0 Å². The molecule has 1 N–H and O–H groups in total. The van der Waals surface area contributed by atoms with Crippen molar-refractivity contribution >= 4 is 29.9 Å². The van der Waals surface area contributed by atoms with Crippen molar-refractivity contribution in [2.24, 2.45) is 4.99 Å². The Hall–Kier alpha value is -0.940. The summed E-state index contributed by atoms with van der Waals surface area (Å²) in [5.74, 6) is 1.01. The van der Waals surface area contributed by atoms with Gasteiger partial charge in [-0.15, -0.1) is 24.0 Å². The molecule has 0 saturated carbocycles. The van der Waals surface area contributed by atoms with Gasteiger partial charge in [-0.2, -0.15) is 0 Å². The Morgan fingerprint density at radius 3 is 2.70 bits per heavy atom. The predicted octanol–water partition coefficient (Wildman–Crippen LogP) is 3.51. The lowest BCUT2D eigenvalue weighted by Gasteiger charge is -2.34. The molecule has 1 unspecified atom stereocenters. The normalized spacial score (nSPS) is 20.5. The van der Waals surface area contributed by atoms with Crippen LogP contribution in [-0.2, 0) is 27.3 Å². The van der Waals surface area contributed by atoms with Gasteiger partial charge in [0.15, 0.2) is 5.96 Å². The molecular weight excluding hydrogens is 531 g/mol. The molecule has 8 heteroatoms. The van der Waals surface area contributed by atoms with Crippen LogP contribution in [0.5, 0.6) is 0 Å². The number of rotatable bonds is 10. The summed E-state index contributed by atoms with van der Waals surface area (Å²) in [5.41, 5.74) is 2.61. The average Bonchev–Trinajstić information content (AvgIpc) is 2.80. The Bertz CT molecular complexity index is 698. The molecule has 188 valence electrons. The van der Waals surface area contributed by atoms with E-state index in [1.54, 1.807) is 7.11 Å². The Kier molecular flexibility index (Phi) is 13.6. The maximum absolute atomic E-state index is 6.01. The van der Waals surface area contributed by atoms with E-state index in [4.69, 9.17) is 19.2 Å². The maximum Gasteiger partial charge on any atom is 0.194 e. The van der Waals surface area contributed by atoms with Crippen LogP contribution in [0.15, 0.2) is 29.3 Å². The van der Waals surface area contributed by atoms with E-state index in [-0.39, 0.29) is 24.0 Å². The largest absolute Gasteiger partial charge is 0.385 e. The fourth-order valence-electron chi connectivity index (χ4n) is 4.40. The number of hydrogen-bond acceptors (Lipinski definition) is 5. The summed E-state index contributed by atoms with van der Waals surface area (Å²) in [5, 5.41) is 3.48. The summed E-state index contributed by atoms with van der Waals surface area (Å²) in [7, 11) is 1.74. The van der Waals surface area contributed by atoms with Gasteiger partial charge in [0.05, 0.1) is 25.4 Å².